The van der Waals surface area contributed by atoms with Gasteiger partial charge in [-0.25, -0.2) is 4.99 Å². The number of nitro benzene ring substituents is 1. The smallest absolute Gasteiger partial charge is 0.293 e. The molecule has 0 spiro atoms. The van der Waals surface area contributed by atoms with Gasteiger partial charge in [0.2, 0.25) is 0 Å². The molecule has 1 heterocycles. The number of amidine groups is 1. The van der Waals surface area contributed by atoms with Crippen LogP contribution >= 0.6 is 0 Å². The van der Waals surface area contributed by atoms with Gasteiger partial charge in [0.05, 0.1) is 30.3 Å². The molecule has 9 heteroatoms. The summed E-state index contributed by atoms with van der Waals surface area (Å²) in [4.78, 5) is 14.8. The van der Waals surface area contributed by atoms with Gasteiger partial charge in [0, 0.05) is 18.1 Å². The van der Waals surface area contributed by atoms with Gasteiger partial charge in [0.1, 0.15) is 11.3 Å². The van der Waals surface area contributed by atoms with Crippen molar-refractivity contribution in [3.63, 3.8) is 0 Å². The highest BCUT2D eigenvalue weighted by molar-refractivity contribution is 6.00. The van der Waals surface area contributed by atoms with Gasteiger partial charge < -0.3 is 15.2 Å². The lowest BCUT2D eigenvalue weighted by atomic mass is 9.93. The van der Waals surface area contributed by atoms with Gasteiger partial charge in [0.25, 0.3) is 11.6 Å². The molecule has 0 bridgehead atoms. The molecule has 0 amide bonds. The molecule has 0 radical (unpaired) electrons. The summed E-state index contributed by atoms with van der Waals surface area (Å²) in [6, 6.07) is 10.2. The molecule has 3 rings (SSSR count). The average molecular weight is 383 g/mol. The van der Waals surface area contributed by atoms with E-state index in [0.29, 0.717) is 18.4 Å². The van der Waals surface area contributed by atoms with Crippen LogP contribution in [0.25, 0.3) is 0 Å². The number of ether oxygens (including phenoxy) is 2. The van der Waals surface area contributed by atoms with Crippen LogP contribution in [-0.2, 0) is 9.47 Å². The third-order valence-corrected chi connectivity index (χ3v) is 5.37. The zero-order chi connectivity index (χ0) is 20.6. The summed E-state index contributed by atoms with van der Waals surface area (Å²) in [5.74, 6) is -2.35. The second-order valence-electron chi connectivity index (χ2n) is 6.90. The molecule has 3 atom stereocenters. The number of hydrogen-bond donors (Lipinski definition) is 1. The number of benzene rings is 1. The van der Waals surface area contributed by atoms with Crippen LogP contribution in [0.1, 0.15) is 38.2 Å². The second-order valence-corrected chi connectivity index (χ2v) is 6.90. The normalized spacial score (nSPS) is 29.3. The molecule has 1 aliphatic heterocycles. The zero-order valence-corrected chi connectivity index (χ0v) is 15.7. The summed E-state index contributed by atoms with van der Waals surface area (Å²) >= 11 is 0. The van der Waals surface area contributed by atoms with Gasteiger partial charge in [0.15, 0.2) is 5.41 Å². The van der Waals surface area contributed by atoms with Crippen molar-refractivity contribution in [2.24, 2.45) is 21.6 Å². The lowest BCUT2D eigenvalue weighted by molar-refractivity contribution is -0.384. The third kappa shape index (κ3) is 2.27. The largest absolute Gasteiger partial charge is 0.386 e. The minimum atomic E-state index is -1.68. The first-order valence-corrected chi connectivity index (χ1v) is 9.11. The van der Waals surface area contributed by atoms with Gasteiger partial charge in [-0.15, -0.1) is 0 Å². The molecule has 0 aromatic heterocycles. The molecule has 1 aliphatic carbocycles. The van der Waals surface area contributed by atoms with E-state index in [0.717, 1.165) is 0 Å². The van der Waals surface area contributed by atoms with Gasteiger partial charge >= 0.3 is 0 Å². The first kappa shape index (κ1) is 19.7. The lowest BCUT2D eigenvalue weighted by Gasteiger charge is -2.32. The first-order valence-electron chi connectivity index (χ1n) is 9.11. The van der Waals surface area contributed by atoms with Crippen LogP contribution in [-0.4, -0.2) is 29.9 Å². The Kier molecular flexibility index (Phi) is 4.84. The number of nitriles is 2. The van der Waals surface area contributed by atoms with Crippen molar-refractivity contribution in [1.29, 1.82) is 10.5 Å². The standard InChI is InChI=1S/C19H21N5O4/c1-3-9-27-19(28-10-4-2)18(12-21)15(17(18,11-20)16(22)23-19)13-5-7-14(8-6-13)24(25)26/h5-8,15H,3-4,9-10H2,1-2H3,(H2,22,23). The summed E-state index contributed by atoms with van der Waals surface area (Å²) in [7, 11) is 0. The molecule has 1 aromatic rings. The fourth-order valence-corrected chi connectivity index (χ4v) is 4.13. The van der Waals surface area contributed by atoms with Crippen molar-refractivity contribution in [1.82, 2.24) is 0 Å². The Morgan fingerprint density at radius 3 is 2.18 bits per heavy atom. The third-order valence-electron chi connectivity index (χ3n) is 5.37. The van der Waals surface area contributed by atoms with Crippen molar-refractivity contribution in [2.45, 2.75) is 38.5 Å². The number of nitro groups is 1. The maximum atomic E-state index is 10.9. The Balaban J connectivity index is 2.13. The zero-order valence-electron chi connectivity index (χ0n) is 15.7. The minimum absolute atomic E-state index is 0.00731. The number of nitrogens with two attached hydrogens (primary N) is 1. The van der Waals surface area contributed by atoms with E-state index in [4.69, 9.17) is 15.2 Å². The molecule has 28 heavy (non-hydrogen) atoms. The van der Waals surface area contributed by atoms with E-state index in [-0.39, 0.29) is 24.7 Å². The van der Waals surface area contributed by atoms with Gasteiger partial charge in [-0.1, -0.05) is 26.0 Å². The lowest BCUT2D eigenvalue weighted by Crippen LogP contribution is -2.44. The van der Waals surface area contributed by atoms with Crippen LogP contribution in [0.4, 0.5) is 5.69 Å². The summed E-state index contributed by atoms with van der Waals surface area (Å²) in [6.07, 6.45) is 1.33. The fraction of sp³-hybridized carbons (Fsp3) is 0.526. The van der Waals surface area contributed by atoms with E-state index in [9.17, 15) is 20.6 Å². The maximum Gasteiger partial charge on any atom is 0.293 e. The summed E-state index contributed by atoms with van der Waals surface area (Å²) in [5.41, 5.74) is 3.80. The molecule has 1 fully saturated rings. The van der Waals surface area contributed by atoms with Gasteiger partial charge in [-0.05, 0) is 18.4 Å². The van der Waals surface area contributed by atoms with Crippen LogP contribution in [0.3, 0.4) is 0 Å². The van der Waals surface area contributed by atoms with E-state index in [1.165, 1.54) is 24.3 Å². The average Bonchev–Trinajstić information content (AvgIpc) is 3.28. The summed E-state index contributed by atoms with van der Waals surface area (Å²) in [6.45, 7) is 4.37. The van der Waals surface area contributed by atoms with E-state index >= 15 is 0 Å². The van der Waals surface area contributed by atoms with E-state index < -0.39 is 27.6 Å². The SMILES string of the molecule is CCCOC1(OCCC)N=C(N)C2(C#N)C(c3ccc([N+](=O)[O-])cc3)C12C#N. The van der Waals surface area contributed by atoms with E-state index in [1.807, 2.05) is 13.8 Å². The Morgan fingerprint density at radius 1 is 1.18 bits per heavy atom. The Bertz CT molecular complexity index is 892. The molecule has 2 N–H and O–H groups in total. The molecular weight excluding hydrogens is 362 g/mol. The maximum absolute atomic E-state index is 10.9. The fourth-order valence-electron chi connectivity index (χ4n) is 4.13. The molecule has 0 saturated heterocycles. The Labute approximate surface area is 162 Å². The van der Waals surface area contributed by atoms with Crippen LogP contribution < -0.4 is 5.73 Å². The highest BCUT2D eigenvalue weighted by Gasteiger charge is 2.93. The number of rotatable bonds is 8. The van der Waals surface area contributed by atoms with Crippen LogP contribution in [0.2, 0.25) is 0 Å². The summed E-state index contributed by atoms with van der Waals surface area (Å²) < 4.78 is 11.9. The van der Waals surface area contributed by atoms with Gasteiger partial charge in [-0.3, -0.25) is 10.1 Å². The predicted molar refractivity (Wildman–Crippen MR) is 98.8 cm³/mol. The molecule has 1 aromatic carbocycles. The topological polar surface area (TPSA) is 148 Å². The number of aliphatic imine (C=N–C) groups is 1. The van der Waals surface area contributed by atoms with Crippen LogP contribution in [0, 0.1) is 43.6 Å². The monoisotopic (exact) mass is 383 g/mol. The number of non-ortho nitro benzene ring substituents is 1. The van der Waals surface area contributed by atoms with Crippen LogP contribution in [0.5, 0.6) is 0 Å². The Hall–Kier alpha value is -3.01. The van der Waals surface area contributed by atoms with Crippen molar-refractivity contribution in [2.75, 3.05) is 13.2 Å². The number of hydrogen-bond acceptors (Lipinski definition) is 8. The van der Waals surface area contributed by atoms with E-state index in [2.05, 4.69) is 17.1 Å². The van der Waals surface area contributed by atoms with Gasteiger partial charge in [-0.2, -0.15) is 10.5 Å². The van der Waals surface area contributed by atoms with Crippen molar-refractivity contribution >= 4 is 11.5 Å². The molecule has 146 valence electrons. The van der Waals surface area contributed by atoms with Crippen molar-refractivity contribution in [3.05, 3.63) is 39.9 Å². The number of nitrogens with zero attached hydrogens (tertiary/aromatic N) is 4. The quantitative estimate of drug-likeness (QED) is 0.412. The molecule has 9 nitrogen and oxygen atoms in total. The molecule has 2 aliphatic rings. The molecule has 1 saturated carbocycles. The van der Waals surface area contributed by atoms with Crippen molar-refractivity contribution < 1.29 is 14.4 Å². The molecular formula is C19H21N5O4. The minimum Gasteiger partial charge on any atom is -0.386 e. The predicted octanol–water partition coefficient (Wildman–Crippen LogP) is 2.59. The van der Waals surface area contributed by atoms with Crippen LogP contribution in [0.15, 0.2) is 29.3 Å². The second kappa shape index (κ2) is 6.86. The first-order chi connectivity index (χ1) is 13.4. The highest BCUT2D eigenvalue weighted by atomic mass is 16.7. The Morgan fingerprint density at radius 2 is 1.75 bits per heavy atom. The van der Waals surface area contributed by atoms with Crippen molar-refractivity contribution in [3.8, 4) is 12.1 Å². The van der Waals surface area contributed by atoms with E-state index in [1.54, 1.807) is 0 Å². The highest BCUT2D eigenvalue weighted by Crippen LogP contribution is 2.82. The molecule has 3 unspecified atom stereocenters. The number of fused-ring (bicyclic) bond motifs is 1. The summed E-state index contributed by atoms with van der Waals surface area (Å²) in [5, 5.41) is 31.1.